The molecule has 0 spiro atoms. The van der Waals surface area contributed by atoms with E-state index in [2.05, 4.69) is 4.90 Å². The van der Waals surface area contributed by atoms with Crippen LogP contribution in [-0.2, 0) is 6.42 Å². The smallest absolute Gasteiger partial charge is 0.100 e. The largest absolute Gasteiger partial charge is 0.360 e. The van der Waals surface area contributed by atoms with Crippen LogP contribution in [0.3, 0.4) is 0 Å². The second kappa shape index (κ2) is 4.67. The Morgan fingerprint density at radius 2 is 2.07 bits per heavy atom. The Hall–Kier alpha value is -1.02. The summed E-state index contributed by atoms with van der Waals surface area (Å²) in [4.78, 5) is 2.15. The van der Waals surface area contributed by atoms with E-state index in [0.717, 1.165) is 29.5 Å². The molecule has 80 valence electrons. The van der Waals surface area contributed by atoms with Crippen LogP contribution in [0.5, 0.6) is 0 Å². The van der Waals surface area contributed by atoms with Gasteiger partial charge in [0, 0.05) is 24.5 Å². The molecule has 1 aromatic carbocycles. The van der Waals surface area contributed by atoms with E-state index in [1.54, 1.807) is 0 Å². The average Bonchev–Trinajstić information content (AvgIpc) is 2.70. The summed E-state index contributed by atoms with van der Waals surface area (Å²) in [6.07, 6.45) is 3.14. The summed E-state index contributed by atoms with van der Waals surface area (Å²) in [7, 11) is 0. The minimum Gasteiger partial charge on any atom is -0.360 e. The van der Waals surface area contributed by atoms with Gasteiger partial charge in [-0.25, -0.2) is 0 Å². The van der Waals surface area contributed by atoms with Crippen molar-refractivity contribution in [3.63, 3.8) is 0 Å². The summed E-state index contributed by atoms with van der Waals surface area (Å²) >= 11 is 5.90. The van der Waals surface area contributed by atoms with E-state index in [1.165, 1.54) is 12.8 Å². The Morgan fingerprint density at radius 3 is 2.73 bits per heavy atom. The number of nitrogens with zero attached hydrogens (tertiary/aromatic N) is 1. The number of amidine groups is 1. The van der Waals surface area contributed by atoms with Crippen LogP contribution >= 0.6 is 11.6 Å². The molecule has 1 saturated heterocycles. The SMILES string of the molecule is N=C(Cc1cccc(Cl)c1)N1CCCC1. The standard InChI is InChI=1S/C12H15ClN2/c13-11-5-3-4-10(8-11)9-12(14)15-6-1-2-7-15/h3-5,8,14H,1-2,6-7,9H2. The lowest BCUT2D eigenvalue weighted by Gasteiger charge is -2.18. The molecule has 1 aliphatic rings. The van der Waals surface area contributed by atoms with Crippen molar-refractivity contribution in [2.24, 2.45) is 0 Å². The average molecular weight is 223 g/mol. The van der Waals surface area contributed by atoms with E-state index >= 15 is 0 Å². The molecule has 0 aromatic heterocycles. The Balaban J connectivity index is 1.99. The number of likely N-dealkylation sites (tertiary alicyclic amines) is 1. The van der Waals surface area contributed by atoms with Gasteiger partial charge in [0.05, 0.1) is 0 Å². The van der Waals surface area contributed by atoms with E-state index in [9.17, 15) is 0 Å². The van der Waals surface area contributed by atoms with Crippen LogP contribution in [-0.4, -0.2) is 23.8 Å². The van der Waals surface area contributed by atoms with E-state index in [4.69, 9.17) is 17.0 Å². The summed E-state index contributed by atoms with van der Waals surface area (Å²) in [5.41, 5.74) is 1.12. The number of benzene rings is 1. The first kappa shape index (κ1) is 10.5. The number of hydrogen-bond donors (Lipinski definition) is 1. The van der Waals surface area contributed by atoms with E-state index in [0.29, 0.717) is 6.42 Å². The van der Waals surface area contributed by atoms with Gasteiger partial charge >= 0.3 is 0 Å². The predicted molar refractivity (Wildman–Crippen MR) is 63.7 cm³/mol. The summed E-state index contributed by atoms with van der Waals surface area (Å²) in [6.45, 7) is 2.08. The van der Waals surface area contributed by atoms with Crippen molar-refractivity contribution < 1.29 is 0 Å². The molecule has 1 aromatic rings. The molecule has 1 N–H and O–H groups in total. The van der Waals surface area contributed by atoms with Gasteiger partial charge in [-0.2, -0.15) is 0 Å². The molecule has 0 unspecified atom stereocenters. The van der Waals surface area contributed by atoms with Gasteiger partial charge < -0.3 is 4.90 Å². The summed E-state index contributed by atoms with van der Waals surface area (Å²) < 4.78 is 0. The van der Waals surface area contributed by atoms with E-state index < -0.39 is 0 Å². The van der Waals surface area contributed by atoms with Crippen molar-refractivity contribution in [3.8, 4) is 0 Å². The zero-order valence-electron chi connectivity index (χ0n) is 8.67. The van der Waals surface area contributed by atoms with E-state index in [-0.39, 0.29) is 0 Å². The van der Waals surface area contributed by atoms with Crippen molar-refractivity contribution in [3.05, 3.63) is 34.9 Å². The van der Waals surface area contributed by atoms with Crippen LogP contribution < -0.4 is 0 Å². The topological polar surface area (TPSA) is 27.1 Å². The van der Waals surface area contributed by atoms with Gasteiger partial charge in [-0.3, -0.25) is 5.41 Å². The first-order valence-electron chi connectivity index (χ1n) is 5.32. The van der Waals surface area contributed by atoms with Crippen molar-refractivity contribution in [1.29, 1.82) is 5.41 Å². The van der Waals surface area contributed by atoms with Gasteiger partial charge in [0.25, 0.3) is 0 Å². The van der Waals surface area contributed by atoms with Crippen LogP contribution in [0, 0.1) is 5.41 Å². The van der Waals surface area contributed by atoms with Gasteiger partial charge in [-0.1, -0.05) is 23.7 Å². The minimum absolute atomic E-state index is 0.695. The molecular formula is C12H15ClN2. The van der Waals surface area contributed by atoms with Crippen LogP contribution in [0.1, 0.15) is 18.4 Å². The van der Waals surface area contributed by atoms with E-state index in [1.807, 2.05) is 24.3 Å². The minimum atomic E-state index is 0.695. The fourth-order valence-corrected chi connectivity index (χ4v) is 2.15. The quantitative estimate of drug-likeness (QED) is 0.605. The fraction of sp³-hybridized carbons (Fsp3) is 0.417. The monoisotopic (exact) mass is 222 g/mol. The zero-order valence-corrected chi connectivity index (χ0v) is 9.43. The molecule has 0 aliphatic carbocycles. The third kappa shape index (κ3) is 2.72. The summed E-state index contributed by atoms with van der Waals surface area (Å²) in [5.74, 6) is 0.717. The second-order valence-corrected chi connectivity index (χ2v) is 4.38. The molecule has 2 nitrogen and oxygen atoms in total. The molecule has 1 aliphatic heterocycles. The Labute approximate surface area is 95.4 Å². The predicted octanol–water partition coefficient (Wildman–Crippen LogP) is 2.96. The highest BCUT2D eigenvalue weighted by Gasteiger charge is 2.14. The highest BCUT2D eigenvalue weighted by atomic mass is 35.5. The molecule has 0 amide bonds. The van der Waals surface area contributed by atoms with Gasteiger partial charge in [0.15, 0.2) is 0 Å². The summed E-state index contributed by atoms with van der Waals surface area (Å²) in [5, 5.41) is 8.73. The van der Waals surface area contributed by atoms with Crippen molar-refractivity contribution >= 4 is 17.4 Å². The molecule has 1 fully saturated rings. The van der Waals surface area contributed by atoms with Crippen LogP contribution in [0.15, 0.2) is 24.3 Å². The lowest BCUT2D eigenvalue weighted by atomic mass is 10.1. The highest BCUT2D eigenvalue weighted by Crippen LogP contribution is 2.14. The van der Waals surface area contributed by atoms with Crippen LogP contribution in [0.2, 0.25) is 5.02 Å². The number of halogens is 1. The number of rotatable bonds is 2. The molecule has 2 rings (SSSR count). The Kier molecular flexibility index (Phi) is 3.27. The fourth-order valence-electron chi connectivity index (χ4n) is 1.94. The van der Waals surface area contributed by atoms with Gasteiger partial charge in [-0.05, 0) is 30.5 Å². The van der Waals surface area contributed by atoms with Gasteiger partial charge in [-0.15, -0.1) is 0 Å². The molecule has 0 radical (unpaired) electrons. The third-order valence-corrected chi connectivity index (χ3v) is 2.98. The first-order chi connectivity index (χ1) is 7.25. The normalized spacial score (nSPS) is 15.7. The molecular weight excluding hydrogens is 208 g/mol. The molecule has 15 heavy (non-hydrogen) atoms. The maximum atomic E-state index is 7.98. The maximum absolute atomic E-state index is 7.98. The lowest BCUT2D eigenvalue weighted by molar-refractivity contribution is 0.507. The zero-order chi connectivity index (χ0) is 10.7. The first-order valence-corrected chi connectivity index (χ1v) is 5.70. The molecule has 0 bridgehead atoms. The summed E-state index contributed by atoms with van der Waals surface area (Å²) in [6, 6.07) is 7.77. The molecule has 3 heteroatoms. The van der Waals surface area contributed by atoms with Crippen LogP contribution in [0.4, 0.5) is 0 Å². The Bertz CT molecular complexity index is 356. The maximum Gasteiger partial charge on any atom is 0.100 e. The third-order valence-electron chi connectivity index (χ3n) is 2.75. The Morgan fingerprint density at radius 1 is 1.33 bits per heavy atom. The van der Waals surface area contributed by atoms with Gasteiger partial charge in [0.2, 0.25) is 0 Å². The lowest BCUT2D eigenvalue weighted by Crippen LogP contribution is -2.28. The van der Waals surface area contributed by atoms with Crippen molar-refractivity contribution in [1.82, 2.24) is 4.90 Å². The molecule has 0 saturated carbocycles. The van der Waals surface area contributed by atoms with Gasteiger partial charge in [0.1, 0.15) is 5.84 Å². The molecule has 0 atom stereocenters. The molecule has 1 heterocycles. The highest BCUT2D eigenvalue weighted by molar-refractivity contribution is 6.30. The number of nitrogens with one attached hydrogen (secondary N) is 1. The van der Waals surface area contributed by atoms with Crippen molar-refractivity contribution in [2.75, 3.05) is 13.1 Å². The van der Waals surface area contributed by atoms with Crippen molar-refractivity contribution in [2.45, 2.75) is 19.3 Å². The number of hydrogen-bond acceptors (Lipinski definition) is 1. The van der Waals surface area contributed by atoms with Crippen LogP contribution in [0.25, 0.3) is 0 Å². The second-order valence-electron chi connectivity index (χ2n) is 3.95.